The van der Waals surface area contributed by atoms with Crippen molar-refractivity contribution in [1.29, 1.82) is 0 Å². The van der Waals surface area contributed by atoms with Gasteiger partial charge in [-0.3, -0.25) is 4.79 Å². The molecule has 0 bridgehead atoms. The van der Waals surface area contributed by atoms with Gasteiger partial charge in [0.25, 0.3) is 5.91 Å². The van der Waals surface area contributed by atoms with Gasteiger partial charge in [-0.2, -0.15) is 0 Å². The number of nitrogens with one attached hydrogen (secondary N) is 1. The van der Waals surface area contributed by atoms with Crippen molar-refractivity contribution in [3.8, 4) is 5.75 Å². The van der Waals surface area contributed by atoms with Crippen LogP contribution in [0.1, 0.15) is 30.1 Å². The van der Waals surface area contributed by atoms with Gasteiger partial charge in [-0.25, -0.2) is 0 Å². The van der Waals surface area contributed by atoms with Crippen LogP contribution in [0.25, 0.3) is 0 Å². The number of aromatic hydroxyl groups is 1. The summed E-state index contributed by atoms with van der Waals surface area (Å²) >= 11 is 0. The number of hydrogen-bond acceptors (Lipinski definition) is 3. The number of phenolic OH excluding ortho intramolecular Hbond substituents is 1. The SMILES string of the molecule is CCN1CCC(CNC(=O)c2cccc(O)c2)CC1. The summed E-state index contributed by atoms with van der Waals surface area (Å²) in [6, 6.07) is 6.46. The van der Waals surface area contributed by atoms with Gasteiger partial charge in [0.1, 0.15) is 5.75 Å². The zero-order valence-corrected chi connectivity index (χ0v) is 11.4. The molecule has 0 atom stereocenters. The zero-order chi connectivity index (χ0) is 13.7. The third-order valence-corrected chi connectivity index (χ3v) is 3.81. The van der Waals surface area contributed by atoms with Crippen molar-refractivity contribution < 1.29 is 9.90 Å². The molecule has 1 heterocycles. The third-order valence-electron chi connectivity index (χ3n) is 3.81. The molecule has 1 aliphatic rings. The highest BCUT2D eigenvalue weighted by molar-refractivity contribution is 5.94. The Morgan fingerprint density at radius 3 is 2.79 bits per heavy atom. The summed E-state index contributed by atoms with van der Waals surface area (Å²) < 4.78 is 0. The van der Waals surface area contributed by atoms with Crippen LogP contribution in [-0.2, 0) is 0 Å². The first-order valence-corrected chi connectivity index (χ1v) is 6.98. The van der Waals surface area contributed by atoms with Crippen LogP contribution in [-0.4, -0.2) is 42.1 Å². The van der Waals surface area contributed by atoms with E-state index >= 15 is 0 Å². The van der Waals surface area contributed by atoms with E-state index in [0.717, 1.165) is 39.0 Å². The topological polar surface area (TPSA) is 52.6 Å². The van der Waals surface area contributed by atoms with Crippen LogP contribution in [0.5, 0.6) is 5.75 Å². The molecule has 4 nitrogen and oxygen atoms in total. The van der Waals surface area contributed by atoms with Gasteiger partial charge in [-0.1, -0.05) is 13.0 Å². The first-order valence-electron chi connectivity index (χ1n) is 6.98. The van der Waals surface area contributed by atoms with Crippen LogP contribution in [0.15, 0.2) is 24.3 Å². The molecule has 104 valence electrons. The number of hydrogen-bond donors (Lipinski definition) is 2. The van der Waals surface area contributed by atoms with Crippen molar-refractivity contribution in [2.45, 2.75) is 19.8 Å². The van der Waals surface area contributed by atoms with Gasteiger partial charge in [-0.15, -0.1) is 0 Å². The fourth-order valence-electron chi connectivity index (χ4n) is 2.49. The predicted octanol–water partition coefficient (Wildman–Crippen LogP) is 1.85. The van der Waals surface area contributed by atoms with Crippen molar-refractivity contribution in [3.63, 3.8) is 0 Å². The molecule has 0 spiro atoms. The molecule has 4 heteroatoms. The molecule has 0 unspecified atom stereocenters. The average Bonchev–Trinajstić information content (AvgIpc) is 2.45. The number of carbonyl (C=O) groups is 1. The molecule has 1 aromatic rings. The third kappa shape index (κ3) is 3.96. The number of amides is 1. The molecule has 0 saturated carbocycles. The van der Waals surface area contributed by atoms with E-state index < -0.39 is 0 Å². The second kappa shape index (κ2) is 6.57. The molecule has 0 radical (unpaired) electrons. The summed E-state index contributed by atoms with van der Waals surface area (Å²) in [7, 11) is 0. The summed E-state index contributed by atoms with van der Waals surface area (Å²) in [6.45, 7) is 6.28. The number of likely N-dealkylation sites (tertiary alicyclic amines) is 1. The number of rotatable bonds is 4. The standard InChI is InChI=1S/C15H22N2O2/c1-2-17-8-6-12(7-9-17)11-16-15(19)13-4-3-5-14(18)10-13/h3-5,10,12,18H,2,6-9,11H2,1H3,(H,16,19). The molecule has 2 N–H and O–H groups in total. The molecule has 0 aromatic heterocycles. The largest absolute Gasteiger partial charge is 0.508 e. The van der Waals surface area contributed by atoms with E-state index in [2.05, 4.69) is 17.1 Å². The maximum Gasteiger partial charge on any atom is 0.251 e. The number of benzene rings is 1. The Morgan fingerprint density at radius 2 is 2.16 bits per heavy atom. The van der Waals surface area contributed by atoms with Gasteiger partial charge in [0, 0.05) is 12.1 Å². The first kappa shape index (κ1) is 13.9. The summed E-state index contributed by atoms with van der Waals surface area (Å²) in [5, 5.41) is 12.3. The number of carbonyl (C=O) groups excluding carboxylic acids is 1. The minimum atomic E-state index is -0.103. The number of nitrogens with zero attached hydrogens (tertiary/aromatic N) is 1. The molecule has 1 aromatic carbocycles. The summed E-state index contributed by atoms with van der Waals surface area (Å²) in [4.78, 5) is 14.4. The molecular weight excluding hydrogens is 240 g/mol. The van der Waals surface area contributed by atoms with Gasteiger partial charge in [0.15, 0.2) is 0 Å². The Hall–Kier alpha value is -1.55. The fraction of sp³-hybridized carbons (Fsp3) is 0.533. The Labute approximate surface area is 114 Å². The highest BCUT2D eigenvalue weighted by Crippen LogP contribution is 2.16. The van der Waals surface area contributed by atoms with Crippen LogP contribution >= 0.6 is 0 Å². The van der Waals surface area contributed by atoms with Gasteiger partial charge in [0.05, 0.1) is 0 Å². The van der Waals surface area contributed by atoms with E-state index in [1.165, 1.54) is 6.07 Å². The zero-order valence-electron chi connectivity index (χ0n) is 11.4. The Morgan fingerprint density at radius 1 is 1.42 bits per heavy atom. The predicted molar refractivity (Wildman–Crippen MR) is 75.3 cm³/mol. The van der Waals surface area contributed by atoms with Crippen LogP contribution in [0.4, 0.5) is 0 Å². The summed E-state index contributed by atoms with van der Waals surface area (Å²) in [5.74, 6) is 0.599. The van der Waals surface area contributed by atoms with Crippen molar-refractivity contribution >= 4 is 5.91 Å². The van der Waals surface area contributed by atoms with E-state index in [1.54, 1.807) is 18.2 Å². The maximum atomic E-state index is 11.9. The second-order valence-electron chi connectivity index (χ2n) is 5.14. The number of phenols is 1. The average molecular weight is 262 g/mol. The Balaban J connectivity index is 1.78. The van der Waals surface area contributed by atoms with E-state index in [0.29, 0.717) is 11.5 Å². The molecule has 1 aliphatic heterocycles. The lowest BCUT2D eigenvalue weighted by Gasteiger charge is -2.31. The number of piperidine rings is 1. The minimum absolute atomic E-state index is 0.103. The lowest BCUT2D eigenvalue weighted by Crippen LogP contribution is -2.38. The summed E-state index contributed by atoms with van der Waals surface area (Å²) in [5.41, 5.74) is 0.519. The van der Waals surface area contributed by atoms with Crippen LogP contribution in [0.2, 0.25) is 0 Å². The molecule has 19 heavy (non-hydrogen) atoms. The molecule has 1 saturated heterocycles. The van der Waals surface area contributed by atoms with Crippen LogP contribution in [0, 0.1) is 5.92 Å². The first-order chi connectivity index (χ1) is 9.19. The van der Waals surface area contributed by atoms with Crippen molar-refractivity contribution in [2.24, 2.45) is 5.92 Å². The van der Waals surface area contributed by atoms with Gasteiger partial charge < -0.3 is 15.3 Å². The van der Waals surface area contributed by atoms with Crippen molar-refractivity contribution in [2.75, 3.05) is 26.2 Å². The Kier molecular flexibility index (Phi) is 4.80. The summed E-state index contributed by atoms with van der Waals surface area (Å²) in [6.07, 6.45) is 2.29. The lowest BCUT2D eigenvalue weighted by molar-refractivity contribution is 0.0936. The second-order valence-corrected chi connectivity index (χ2v) is 5.14. The van der Waals surface area contributed by atoms with Gasteiger partial charge >= 0.3 is 0 Å². The van der Waals surface area contributed by atoms with E-state index in [4.69, 9.17) is 0 Å². The highest BCUT2D eigenvalue weighted by Gasteiger charge is 2.18. The molecular formula is C15H22N2O2. The molecule has 2 rings (SSSR count). The van der Waals surface area contributed by atoms with E-state index in [-0.39, 0.29) is 11.7 Å². The smallest absolute Gasteiger partial charge is 0.251 e. The van der Waals surface area contributed by atoms with E-state index in [9.17, 15) is 9.90 Å². The maximum absolute atomic E-state index is 11.9. The van der Waals surface area contributed by atoms with Crippen molar-refractivity contribution in [3.05, 3.63) is 29.8 Å². The van der Waals surface area contributed by atoms with E-state index in [1.807, 2.05) is 0 Å². The highest BCUT2D eigenvalue weighted by atomic mass is 16.3. The molecule has 1 amide bonds. The van der Waals surface area contributed by atoms with Crippen LogP contribution < -0.4 is 5.32 Å². The normalized spacial score (nSPS) is 17.3. The molecule has 1 fully saturated rings. The minimum Gasteiger partial charge on any atom is -0.508 e. The molecule has 0 aliphatic carbocycles. The van der Waals surface area contributed by atoms with Crippen molar-refractivity contribution in [1.82, 2.24) is 10.2 Å². The Bertz CT molecular complexity index is 426. The fourth-order valence-corrected chi connectivity index (χ4v) is 2.49. The quantitative estimate of drug-likeness (QED) is 0.870. The van der Waals surface area contributed by atoms with Gasteiger partial charge in [0.2, 0.25) is 0 Å². The van der Waals surface area contributed by atoms with Gasteiger partial charge in [-0.05, 0) is 56.6 Å². The van der Waals surface area contributed by atoms with Crippen LogP contribution in [0.3, 0.4) is 0 Å². The lowest BCUT2D eigenvalue weighted by atomic mass is 9.97. The monoisotopic (exact) mass is 262 g/mol.